The summed E-state index contributed by atoms with van der Waals surface area (Å²) in [7, 11) is -1.93. The predicted molar refractivity (Wildman–Crippen MR) is 65.8 cm³/mol. The first-order chi connectivity index (χ1) is 9.35. The van der Waals surface area contributed by atoms with Crippen molar-refractivity contribution in [3.8, 4) is 11.5 Å². The molecule has 0 saturated heterocycles. The highest BCUT2D eigenvalue weighted by atomic mass is 19.4. The van der Waals surface area contributed by atoms with Crippen LogP contribution in [0.5, 0.6) is 11.5 Å². The maximum Gasteiger partial charge on any atom is 0.573 e. The molecule has 0 radical (unpaired) electrons. The molecule has 1 fully saturated rings. The van der Waals surface area contributed by atoms with Gasteiger partial charge in [0.2, 0.25) is 0 Å². The Balaban J connectivity index is 2.18. The van der Waals surface area contributed by atoms with Gasteiger partial charge in [-0.3, -0.25) is 0 Å². The Labute approximate surface area is 114 Å². The Hall–Kier alpha value is -1.41. The van der Waals surface area contributed by atoms with Crippen LogP contribution in [0, 0.1) is 0 Å². The largest absolute Gasteiger partial charge is 0.573 e. The summed E-state index contributed by atoms with van der Waals surface area (Å²) in [5.41, 5.74) is -0.140. The highest BCUT2D eigenvalue weighted by Gasteiger charge is 2.32. The molecular weight excluding hydrogens is 276 g/mol. The molecular formula is C12H14BF3O4. The van der Waals surface area contributed by atoms with Crippen molar-refractivity contribution in [2.24, 2.45) is 0 Å². The lowest BCUT2D eigenvalue weighted by molar-refractivity contribution is -0.274. The van der Waals surface area contributed by atoms with Crippen LogP contribution < -0.4 is 14.9 Å². The molecule has 8 heteroatoms. The molecule has 0 bridgehead atoms. The maximum absolute atomic E-state index is 12.1. The normalized spacial score (nSPS) is 16.2. The van der Waals surface area contributed by atoms with E-state index in [-0.39, 0.29) is 17.3 Å². The van der Waals surface area contributed by atoms with Crippen LogP contribution in [0.25, 0.3) is 0 Å². The fourth-order valence-electron chi connectivity index (χ4n) is 2.22. The molecule has 0 amide bonds. The van der Waals surface area contributed by atoms with Crippen molar-refractivity contribution >= 4 is 12.6 Å². The Morgan fingerprint density at radius 2 is 1.80 bits per heavy atom. The fraction of sp³-hybridized carbons (Fsp3) is 0.500. The van der Waals surface area contributed by atoms with Gasteiger partial charge in [0.05, 0.1) is 6.10 Å². The first kappa shape index (κ1) is 15.0. The summed E-state index contributed by atoms with van der Waals surface area (Å²) in [6.07, 6.45) is -1.12. The third-order valence-electron chi connectivity index (χ3n) is 3.09. The summed E-state index contributed by atoms with van der Waals surface area (Å²) >= 11 is 0. The predicted octanol–water partition coefficient (Wildman–Crippen LogP) is 1.59. The topological polar surface area (TPSA) is 58.9 Å². The standard InChI is InChI=1S/C12H14BF3O4/c14-12(15,16)20-9-5-6-11(10(7-9)13(17)18)19-8-3-1-2-4-8/h5-8,17-18H,1-4H2. The van der Waals surface area contributed by atoms with Crippen LogP contribution in [0.3, 0.4) is 0 Å². The van der Waals surface area contributed by atoms with Gasteiger partial charge in [0.1, 0.15) is 11.5 Å². The van der Waals surface area contributed by atoms with Gasteiger partial charge in [-0.05, 0) is 43.9 Å². The lowest BCUT2D eigenvalue weighted by atomic mass is 9.79. The van der Waals surface area contributed by atoms with Crippen molar-refractivity contribution in [3.63, 3.8) is 0 Å². The molecule has 1 aliphatic rings. The number of rotatable bonds is 4. The van der Waals surface area contributed by atoms with Gasteiger partial charge in [-0.15, -0.1) is 13.2 Å². The van der Waals surface area contributed by atoms with Crippen LogP contribution in [0.2, 0.25) is 0 Å². The zero-order chi connectivity index (χ0) is 14.8. The molecule has 0 aliphatic heterocycles. The summed E-state index contributed by atoms with van der Waals surface area (Å²) in [6, 6.07) is 3.26. The summed E-state index contributed by atoms with van der Waals surface area (Å²) in [5, 5.41) is 18.5. The van der Waals surface area contributed by atoms with Gasteiger partial charge in [-0.2, -0.15) is 0 Å². The van der Waals surface area contributed by atoms with E-state index in [0.717, 1.165) is 37.8 Å². The quantitative estimate of drug-likeness (QED) is 0.827. The van der Waals surface area contributed by atoms with E-state index >= 15 is 0 Å². The van der Waals surface area contributed by atoms with Gasteiger partial charge in [-0.1, -0.05) is 0 Å². The molecule has 2 N–H and O–H groups in total. The van der Waals surface area contributed by atoms with E-state index < -0.39 is 19.2 Å². The Morgan fingerprint density at radius 1 is 1.15 bits per heavy atom. The van der Waals surface area contributed by atoms with Crippen molar-refractivity contribution in [3.05, 3.63) is 18.2 Å². The molecule has 0 unspecified atom stereocenters. The zero-order valence-electron chi connectivity index (χ0n) is 10.6. The number of hydrogen-bond donors (Lipinski definition) is 2. The number of alkyl halides is 3. The highest BCUT2D eigenvalue weighted by Crippen LogP contribution is 2.27. The first-order valence-electron chi connectivity index (χ1n) is 6.27. The van der Waals surface area contributed by atoms with Gasteiger partial charge < -0.3 is 19.5 Å². The van der Waals surface area contributed by atoms with E-state index in [4.69, 9.17) is 4.74 Å². The molecule has 4 nitrogen and oxygen atoms in total. The number of halogens is 3. The van der Waals surface area contributed by atoms with Gasteiger partial charge >= 0.3 is 13.5 Å². The van der Waals surface area contributed by atoms with E-state index in [1.54, 1.807) is 0 Å². The molecule has 0 spiro atoms. The third-order valence-corrected chi connectivity index (χ3v) is 3.09. The maximum atomic E-state index is 12.1. The van der Waals surface area contributed by atoms with Crippen LogP contribution in [-0.2, 0) is 0 Å². The molecule has 2 rings (SSSR count). The van der Waals surface area contributed by atoms with Crippen molar-refractivity contribution in [2.45, 2.75) is 38.1 Å². The second kappa shape index (κ2) is 5.93. The van der Waals surface area contributed by atoms with E-state index in [1.807, 2.05) is 0 Å². The zero-order valence-corrected chi connectivity index (χ0v) is 10.6. The Kier molecular flexibility index (Phi) is 4.44. The molecule has 110 valence electrons. The first-order valence-corrected chi connectivity index (χ1v) is 6.27. The van der Waals surface area contributed by atoms with Crippen LogP contribution in [0.4, 0.5) is 13.2 Å². The van der Waals surface area contributed by atoms with Crippen LogP contribution >= 0.6 is 0 Å². The highest BCUT2D eigenvalue weighted by molar-refractivity contribution is 6.59. The van der Waals surface area contributed by atoms with E-state index in [2.05, 4.69) is 4.74 Å². The van der Waals surface area contributed by atoms with E-state index in [0.29, 0.717) is 0 Å². The number of hydrogen-bond acceptors (Lipinski definition) is 4. The number of benzene rings is 1. The van der Waals surface area contributed by atoms with Crippen molar-refractivity contribution in [1.82, 2.24) is 0 Å². The Bertz CT molecular complexity index is 459. The van der Waals surface area contributed by atoms with Crippen LogP contribution in [0.1, 0.15) is 25.7 Å². The van der Waals surface area contributed by atoms with Gasteiger partial charge in [0, 0.05) is 5.46 Å². The van der Waals surface area contributed by atoms with E-state index in [1.165, 1.54) is 6.07 Å². The number of ether oxygens (including phenoxy) is 2. The fourth-order valence-corrected chi connectivity index (χ4v) is 2.22. The molecule has 0 heterocycles. The van der Waals surface area contributed by atoms with Crippen LogP contribution in [0.15, 0.2) is 18.2 Å². The molecule has 1 aromatic rings. The SMILES string of the molecule is OB(O)c1cc(OC(F)(F)F)ccc1OC1CCCC1. The van der Waals surface area contributed by atoms with Crippen molar-refractivity contribution in [1.29, 1.82) is 0 Å². The van der Waals surface area contributed by atoms with Crippen molar-refractivity contribution < 1.29 is 32.7 Å². The smallest absolute Gasteiger partial charge is 0.491 e. The summed E-state index contributed by atoms with van der Waals surface area (Å²) in [6.45, 7) is 0. The molecule has 1 aliphatic carbocycles. The minimum absolute atomic E-state index is 0.0399. The average molecular weight is 290 g/mol. The lowest BCUT2D eigenvalue weighted by Crippen LogP contribution is -2.33. The van der Waals surface area contributed by atoms with Gasteiger partial charge in [-0.25, -0.2) is 0 Å². The summed E-state index contributed by atoms with van der Waals surface area (Å²) < 4.78 is 45.7. The Morgan fingerprint density at radius 3 is 2.35 bits per heavy atom. The van der Waals surface area contributed by atoms with Crippen LogP contribution in [-0.4, -0.2) is 29.6 Å². The lowest BCUT2D eigenvalue weighted by Gasteiger charge is -2.17. The third kappa shape index (κ3) is 4.04. The minimum Gasteiger partial charge on any atom is -0.491 e. The van der Waals surface area contributed by atoms with Gasteiger partial charge in [0.15, 0.2) is 0 Å². The minimum atomic E-state index is -4.83. The molecule has 20 heavy (non-hydrogen) atoms. The summed E-state index contributed by atoms with van der Waals surface area (Å²) in [5.74, 6) is -0.346. The van der Waals surface area contributed by atoms with Crippen molar-refractivity contribution in [2.75, 3.05) is 0 Å². The molecule has 0 aromatic heterocycles. The molecule has 0 atom stereocenters. The monoisotopic (exact) mass is 290 g/mol. The second-order valence-electron chi connectivity index (χ2n) is 4.65. The molecule has 1 aromatic carbocycles. The van der Waals surface area contributed by atoms with Gasteiger partial charge in [0.25, 0.3) is 0 Å². The van der Waals surface area contributed by atoms with E-state index in [9.17, 15) is 23.2 Å². The summed E-state index contributed by atoms with van der Waals surface area (Å²) in [4.78, 5) is 0. The average Bonchev–Trinajstić information content (AvgIpc) is 2.81. The molecule has 1 saturated carbocycles. The second-order valence-corrected chi connectivity index (χ2v) is 4.65.